The van der Waals surface area contributed by atoms with E-state index in [-0.39, 0.29) is 0 Å². The number of aryl methyl sites for hydroxylation is 2. The molecule has 0 fully saturated rings. The largest absolute Gasteiger partial charge is 0.508 e. The molecule has 0 aromatic heterocycles. The van der Waals surface area contributed by atoms with Crippen molar-refractivity contribution < 1.29 is 10.2 Å². The van der Waals surface area contributed by atoms with E-state index in [9.17, 15) is 10.2 Å². The second-order valence-corrected chi connectivity index (χ2v) is 7.33. The maximum atomic E-state index is 10.1. The minimum Gasteiger partial charge on any atom is -0.508 e. The summed E-state index contributed by atoms with van der Waals surface area (Å²) >= 11 is 0. The van der Waals surface area contributed by atoms with Gasteiger partial charge in [0.05, 0.1) is 0 Å². The molecule has 0 bridgehead atoms. The van der Waals surface area contributed by atoms with Crippen LogP contribution in [-0.2, 0) is 0 Å². The van der Waals surface area contributed by atoms with Crippen molar-refractivity contribution in [3.05, 3.63) is 56.6 Å². The van der Waals surface area contributed by atoms with E-state index >= 15 is 0 Å². The summed E-state index contributed by atoms with van der Waals surface area (Å²) in [6.45, 7) is 16.8. The van der Waals surface area contributed by atoms with Gasteiger partial charge in [0.25, 0.3) is 0 Å². The molecule has 0 saturated carbocycles. The molecule has 2 rings (SSSR count). The van der Waals surface area contributed by atoms with Gasteiger partial charge in [-0.25, -0.2) is 0 Å². The number of hydrogen-bond acceptors (Lipinski definition) is 2. The van der Waals surface area contributed by atoms with E-state index in [0.717, 1.165) is 22.3 Å². The maximum absolute atomic E-state index is 10.1. The van der Waals surface area contributed by atoms with Crippen LogP contribution in [0.1, 0.15) is 70.2 Å². The standard InChI is InChI=1S/C22H30O2/c1-11-9-19(23)13(3)15(5)21(11)17(7)18(8)22-12(2)10-20(24)14(4)16(22)6/h9-10,17-18,23-24H,1-8H3. The summed E-state index contributed by atoms with van der Waals surface area (Å²) < 4.78 is 0. The highest BCUT2D eigenvalue weighted by molar-refractivity contribution is 5.52. The van der Waals surface area contributed by atoms with Crippen LogP contribution in [0.5, 0.6) is 11.5 Å². The molecule has 2 aromatic rings. The minimum atomic E-state index is 0.325. The first-order valence-electron chi connectivity index (χ1n) is 8.67. The van der Waals surface area contributed by atoms with E-state index in [1.165, 1.54) is 22.3 Å². The first-order valence-corrected chi connectivity index (χ1v) is 8.67. The van der Waals surface area contributed by atoms with Crippen LogP contribution in [0, 0.1) is 41.5 Å². The molecule has 130 valence electrons. The predicted molar refractivity (Wildman–Crippen MR) is 101 cm³/mol. The highest BCUT2D eigenvalue weighted by Crippen LogP contribution is 2.42. The smallest absolute Gasteiger partial charge is 0.119 e. The Hall–Kier alpha value is -1.96. The lowest BCUT2D eigenvalue weighted by Gasteiger charge is -2.28. The Balaban J connectivity index is 2.59. The van der Waals surface area contributed by atoms with E-state index in [1.54, 1.807) is 0 Å². The molecule has 0 amide bonds. The molecule has 0 aliphatic rings. The number of hydrogen-bond donors (Lipinski definition) is 2. The Morgan fingerprint density at radius 3 is 1.17 bits per heavy atom. The van der Waals surface area contributed by atoms with Gasteiger partial charge in [-0.3, -0.25) is 0 Å². The predicted octanol–water partition coefficient (Wildman–Crippen LogP) is 5.86. The summed E-state index contributed by atoms with van der Waals surface area (Å²) in [5, 5.41) is 20.1. The number of rotatable bonds is 3. The van der Waals surface area contributed by atoms with Crippen molar-refractivity contribution in [2.24, 2.45) is 0 Å². The second-order valence-electron chi connectivity index (χ2n) is 7.33. The topological polar surface area (TPSA) is 40.5 Å². The molecule has 0 radical (unpaired) electrons. The van der Waals surface area contributed by atoms with Gasteiger partial charge in [0.15, 0.2) is 0 Å². The number of benzene rings is 2. The Bertz CT molecular complexity index is 720. The molecule has 2 nitrogen and oxygen atoms in total. The van der Waals surface area contributed by atoms with Gasteiger partial charge >= 0.3 is 0 Å². The molecule has 0 spiro atoms. The highest BCUT2D eigenvalue weighted by atomic mass is 16.3. The quantitative estimate of drug-likeness (QED) is 0.742. The molecule has 0 aliphatic heterocycles. The molecule has 24 heavy (non-hydrogen) atoms. The van der Waals surface area contributed by atoms with E-state index in [4.69, 9.17) is 0 Å². The van der Waals surface area contributed by atoms with E-state index in [1.807, 2.05) is 26.0 Å². The molecular formula is C22H30O2. The summed E-state index contributed by atoms with van der Waals surface area (Å²) in [5.74, 6) is 1.40. The van der Waals surface area contributed by atoms with Gasteiger partial charge < -0.3 is 10.2 Å². The van der Waals surface area contributed by atoms with Gasteiger partial charge in [-0.1, -0.05) is 13.8 Å². The van der Waals surface area contributed by atoms with Crippen molar-refractivity contribution in [2.45, 2.75) is 67.2 Å². The third-order valence-electron chi connectivity index (χ3n) is 5.92. The number of phenols is 2. The van der Waals surface area contributed by atoms with Crippen molar-refractivity contribution in [1.29, 1.82) is 0 Å². The van der Waals surface area contributed by atoms with Crippen LogP contribution in [0.25, 0.3) is 0 Å². The molecule has 0 aliphatic carbocycles. The first kappa shape index (κ1) is 18.4. The van der Waals surface area contributed by atoms with Crippen LogP contribution >= 0.6 is 0 Å². The fourth-order valence-corrected chi connectivity index (χ4v) is 4.06. The van der Waals surface area contributed by atoms with Gasteiger partial charge in [0.2, 0.25) is 0 Å². The Kier molecular flexibility index (Phi) is 4.98. The van der Waals surface area contributed by atoms with Gasteiger partial charge in [0.1, 0.15) is 11.5 Å². The third-order valence-corrected chi connectivity index (χ3v) is 5.92. The van der Waals surface area contributed by atoms with Crippen LogP contribution in [0.15, 0.2) is 12.1 Å². The highest BCUT2D eigenvalue weighted by Gasteiger charge is 2.25. The Morgan fingerprint density at radius 1 is 0.583 bits per heavy atom. The van der Waals surface area contributed by atoms with Gasteiger partial charge in [-0.2, -0.15) is 0 Å². The number of aromatic hydroxyl groups is 2. The molecule has 2 heteroatoms. The Morgan fingerprint density at radius 2 is 0.875 bits per heavy atom. The van der Waals surface area contributed by atoms with E-state index < -0.39 is 0 Å². The lowest BCUT2D eigenvalue weighted by Crippen LogP contribution is -2.12. The lowest BCUT2D eigenvalue weighted by molar-refractivity contribution is 0.467. The Labute approximate surface area is 146 Å². The summed E-state index contributed by atoms with van der Waals surface area (Å²) in [5.41, 5.74) is 9.21. The molecule has 2 unspecified atom stereocenters. The zero-order chi connectivity index (χ0) is 18.3. The molecule has 0 saturated heterocycles. The summed E-state index contributed by atoms with van der Waals surface area (Å²) in [4.78, 5) is 0. The van der Waals surface area contributed by atoms with Gasteiger partial charge in [-0.05, 0) is 110 Å². The van der Waals surface area contributed by atoms with Crippen molar-refractivity contribution in [3.8, 4) is 11.5 Å². The zero-order valence-corrected chi connectivity index (χ0v) is 16.2. The summed E-state index contributed by atoms with van der Waals surface area (Å²) in [6, 6.07) is 3.76. The van der Waals surface area contributed by atoms with E-state index in [0.29, 0.717) is 23.3 Å². The lowest BCUT2D eigenvalue weighted by atomic mass is 9.76. The van der Waals surface area contributed by atoms with Crippen molar-refractivity contribution in [3.63, 3.8) is 0 Å². The fourth-order valence-electron chi connectivity index (χ4n) is 4.06. The molecular weight excluding hydrogens is 296 g/mol. The van der Waals surface area contributed by atoms with Crippen molar-refractivity contribution >= 4 is 0 Å². The van der Waals surface area contributed by atoms with Crippen LogP contribution in [0.4, 0.5) is 0 Å². The summed E-state index contributed by atoms with van der Waals surface area (Å²) in [7, 11) is 0. The average Bonchev–Trinajstić information content (AvgIpc) is 2.50. The second kappa shape index (κ2) is 6.51. The van der Waals surface area contributed by atoms with Crippen LogP contribution in [0.2, 0.25) is 0 Å². The maximum Gasteiger partial charge on any atom is 0.119 e. The first-order chi connectivity index (χ1) is 11.1. The van der Waals surface area contributed by atoms with Crippen LogP contribution in [-0.4, -0.2) is 10.2 Å². The minimum absolute atomic E-state index is 0.325. The van der Waals surface area contributed by atoms with Crippen molar-refractivity contribution in [2.75, 3.05) is 0 Å². The van der Waals surface area contributed by atoms with Crippen LogP contribution in [0.3, 0.4) is 0 Å². The fraction of sp³-hybridized carbons (Fsp3) is 0.455. The average molecular weight is 326 g/mol. The summed E-state index contributed by atoms with van der Waals surface area (Å²) in [6.07, 6.45) is 0. The van der Waals surface area contributed by atoms with E-state index in [2.05, 4.69) is 41.5 Å². The van der Waals surface area contributed by atoms with Gasteiger partial charge in [0, 0.05) is 0 Å². The molecule has 0 heterocycles. The van der Waals surface area contributed by atoms with Gasteiger partial charge in [-0.15, -0.1) is 0 Å². The monoisotopic (exact) mass is 326 g/mol. The third kappa shape index (κ3) is 2.90. The van der Waals surface area contributed by atoms with Crippen molar-refractivity contribution in [1.82, 2.24) is 0 Å². The normalized spacial score (nSPS) is 13.8. The zero-order valence-electron chi connectivity index (χ0n) is 16.2. The van der Waals surface area contributed by atoms with Crippen LogP contribution < -0.4 is 0 Å². The molecule has 2 aromatic carbocycles. The molecule has 2 N–H and O–H groups in total. The SMILES string of the molecule is Cc1cc(O)c(C)c(C)c1C(C)C(C)c1c(C)cc(O)c(C)c1C. The molecule has 2 atom stereocenters. The number of phenolic OH excluding ortho intramolecular Hbond substituents is 2.